The highest BCUT2D eigenvalue weighted by Gasteiger charge is 2.21. The highest BCUT2D eigenvalue weighted by molar-refractivity contribution is 4.97. The van der Waals surface area contributed by atoms with Crippen molar-refractivity contribution in [1.29, 1.82) is 0 Å². The fourth-order valence-corrected chi connectivity index (χ4v) is 4.65. The monoisotopic (exact) mass is 316 g/mol. The Bertz CT molecular complexity index is 348. The van der Waals surface area contributed by atoms with Gasteiger partial charge in [-0.3, -0.25) is 0 Å². The number of hydrogen-bond donors (Lipinski definition) is 0. The van der Waals surface area contributed by atoms with Crippen LogP contribution in [0.5, 0.6) is 0 Å². The molecule has 2 fully saturated rings. The number of rotatable bonds is 8. The van der Waals surface area contributed by atoms with Crippen molar-refractivity contribution < 1.29 is 0 Å². The maximum atomic E-state index is 4.16. The molecular formula is C23H40. The molecule has 0 aromatic carbocycles. The van der Waals surface area contributed by atoms with Crippen LogP contribution in [-0.4, -0.2) is 0 Å². The molecule has 0 heteroatoms. The van der Waals surface area contributed by atoms with Gasteiger partial charge in [-0.05, 0) is 94.3 Å². The summed E-state index contributed by atoms with van der Waals surface area (Å²) in [5, 5.41) is 0. The molecule has 0 nitrogen and oxygen atoms in total. The van der Waals surface area contributed by atoms with Crippen LogP contribution in [0.3, 0.4) is 0 Å². The molecule has 0 atom stereocenters. The van der Waals surface area contributed by atoms with E-state index in [1.165, 1.54) is 89.0 Å². The first kappa shape index (κ1) is 18.8. The molecule has 2 aliphatic carbocycles. The van der Waals surface area contributed by atoms with Gasteiger partial charge in [-0.15, -0.1) is 0 Å². The van der Waals surface area contributed by atoms with E-state index in [-0.39, 0.29) is 0 Å². The zero-order valence-corrected chi connectivity index (χ0v) is 15.9. The molecule has 0 bridgehead atoms. The fraction of sp³-hybridized carbons (Fsp3) is 0.826. The third-order valence-electron chi connectivity index (χ3n) is 6.54. The van der Waals surface area contributed by atoms with Crippen LogP contribution < -0.4 is 0 Å². The van der Waals surface area contributed by atoms with Crippen LogP contribution in [0.15, 0.2) is 24.3 Å². The minimum Gasteiger partial charge on any atom is -0.0999 e. The van der Waals surface area contributed by atoms with Crippen LogP contribution in [0, 0.1) is 23.7 Å². The number of allylic oxidation sites excluding steroid dienone is 3. The molecule has 2 saturated carbocycles. The number of hydrogen-bond acceptors (Lipinski definition) is 0. The zero-order chi connectivity index (χ0) is 16.5. The van der Waals surface area contributed by atoms with Gasteiger partial charge >= 0.3 is 0 Å². The maximum Gasteiger partial charge on any atom is -0.0233 e. The van der Waals surface area contributed by atoms with Crippen molar-refractivity contribution in [2.24, 2.45) is 23.7 Å². The van der Waals surface area contributed by atoms with Gasteiger partial charge in [-0.1, -0.05) is 51.0 Å². The van der Waals surface area contributed by atoms with Gasteiger partial charge in [0.2, 0.25) is 0 Å². The highest BCUT2D eigenvalue weighted by atomic mass is 14.3. The lowest BCUT2D eigenvalue weighted by molar-refractivity contribution is 0.285. The standard InChI is InChI=1S/C23H40/c1-4-6-20-9-11-22(12-10-20)17-18-23-15-13-21(14-16-23)8-7-19(3)5-2/h17-18,20-23H,3-16H2,1-2H3/b18-17+. The van der Waals surface area contributed by atoms with E-state index >= 15 is 0 Å². The van der Waals surface area contributed by atoms with Crippen LogP contribution in [0.2, 0.25) is 0 Å². The molecule has 0 aliphatic heterocycles. The molecule has 2 rings (SSSR count). The predicted octanol–water partition coefficient (Wildman–Crippen LogP) is 7.70. The van der Waals surface area contributed by atoms with Crippen LogP contribution in [0.25, 0.3) is 0 Å². The quantitative estimate of drug-likeness (QED) is 0.402. The Morgan fingerprint density at radius 3 is 1.70 bits per heavy atom. The van der Waals surface area contributed by atoms with Crippen molar-refractivity contribution in [3.63, 3.8) is 0 Å². The predicted molar refractivity (Wildman–Crippen MR) is 104 cm³/mol. The SMILES string of the molecule is C=C(CC)CCC1CCC(/C=C/C2CCC(CCC)CC2)CC1. The van der Waals surface area contributed by atoms with Crippen molar-refractivity contribution in [3.05, 3.63) is 24.3 Å². The molecule has 23 heavy (non-hydrogen) atoms. The Labute approximate surface area is 145 Å². The molecular weight excluding hydrogens is 276 g/mol. The van der Waals surface area contributed by atoms with E-state index in [0.29, 0.717) is 0 Å². The summed E-state index contributed by atoms with van der Waals surface area (Å²) in [5.41, 5.74) is 1.45. The van der Waals surface area contributed by atoms with Gasteiger partial charge in [0.25, 0.3) is 0 Å². The average molecular weight is 317 g/mol. The maximum absolute atomic E-state index is 4.16. The van der Waals surface area contributed by atoms with Crippen molar-refractivity contribution in [1.82, 2.24) is 0 Å². The van der Waals surface area contributed by atoms with E-state index < -0.39 is 0 Å². The molecule has 0 spiro atoms. The lowest BCUT2D eigenvalue weighted by atomic mass is 9.77. The second-order valence-corrected chi connectivity index (χ2v) is 8.38. The summed E-state index contributed by atoms with van der Waals surface area (Å²) in [7, 11) is 0. The van der Waals surface area contributed by atoms with Gasteiger partial charge in [0.05, 0.1) is 0 Å². The van der Waals surface area contributed by atoms with Gasteiger partial charge in [0, 0.05) is 0 Å². The summed E-state index contributed by atoms with van der Waals surface area (Å²) in [5.74, 6) is 3.80. The Morgan fingerprint density at radius 1 is 0.783 bits per heavy atom. The molecule has 0 aromatic rings. The third kappa shape index (κ3) is 6.86. The second-order valence-electron chi connectivity index (χ2n) is 8.38. The van der Waals surface area contributed by atoms with Crippen molar-refractivity contribution in [3.8, 4) is 0 Å². The first-order valence-corrected chi connectivity index (χ1v) is 10.6. The Morgan fingerprint density at radius 2 is 1.26 bits per heavy atom. The summed E-state index contributed by atoms with van der Waals surface area (Å²) >= 11 is 0. The summed E-state index contributed by atoms with van der Waals surface area (Å²) in [4.78, 5) is 0. The molecule has 0 unspecified atom stereocenters. The molecule has 132 valence electrons. The Balaban J connectivity index is 1.61. The van der Waals surface area contributed by atoms with Gasteiger partial charge < -0.3 is 0 Å². The summed E-state index contributed by atoms with van der Waals surface area (Å²) in [6, 6.07) is 0. The van der Waals surface area contributed by atoms with Crippen LogP contribution in [0.4, 0.5) is 0 Å². The smallest absolute Gasteiger partial charge is 0.0233 e. The fourth-order valence-electron chi connectivity index (χ4n) is 4.65. The van der Waals surface area contributed by atoms with Gasteiger partial charge in [-0.25, -0.2) is 0 Å². The molecule has 0 radical (unpaired) electrons. The van der Waals surface area contributed by atoms with Crippen LogP contribution >= 0.6 is 0 Å². The Hall–Kier alpha value is -0.520. The lowest BCUT2D eigenvalue weighted by Crippen LogP contribution is -2.15. The largest absolute Gasteiger partial charge is 0.0999 e. The van der Waals surface area contributed by atoms with Gasteiger partial charge in [0.1, 0.15) is 0 Å². The van der Waals surface area contributed by atoms with Crippen molar-refractivity contribution in [2.45, 2.75) is 97.3 Å². The van der Waals surface area contributed by atoms with E-state index in [2.05, 4.69) is 32.6 Å². The lowest BCUT2D eigenvalue weighted by Gasteiger charge is -2.29. The van der Waals surface area contributed by atoms with Gasteiger partial charge in [0.15, 0.2) is 0 Å². The molecule has 0 heterocycles. The highest BCUT2D eigenvalue weighted by Crippen LogP contribution is 2.35. The van der Waals surface area contributed by atoms with Crippen molar-refractivity contribution >= 4 is 0 Å². The Kier molecular flexibility index (Phi) is 8.48. The molecule has 0 aromatic heterocycles. The molecule has 0 N–H and O–H groups in total. The minimum absolute atomic E-state index is 0.883. The topological polar surface area (TPSA) is 0 Å². The molecule has 0 amide bonds. The van der Waals surface area contributed by atoms with E-state index in [4.69, 9.17) is 0 Å². The van der Waals surface area contributed by atoms with Crippen molar-refractivity contribution in [2.75, 3.05) is 0 Å². The summed E-state index contributed by atoms with van der Waals surface area (Å²) in [6.07, 6.45) is 23.5. The normalized spacial score (nSPS) is 32.3. The summed E-state index contributed by atoms with van der Waals surface area (Å²) < 4.78 is 0. The first-order valence-electron chi connectivity index (χ1n) is 10.6. The summed E-state index contributed by atoms with van der Waals surface area (Å²) in [6.45, 7) is 8.73. The van der Waals surface area contributed by atoms with E-state index in [9.17, 15) is 0 Å². The minimum atomic E-state index is 0.883. The van der Waals surface area contributed by atoms with Gasteiger partial charge in [-0.2, -0.15) is 0 Å². The van der Waals surface area contributed by atoms with E-state index in [1.54, 1.807) is 0 Å². The third-order valence-corrected chi connectivity index (χ3v) is 6.54. The first-order chi connectivity index (χ1) is 11.2. The van der Waals surface area contributed by atoms with Crippen LogP contribution in [-0.2, 0) is 0 Å². The second kappa shape index (κ2) is 10.4. The van der Waals surface area contributed by atoms with E-state index in [0.717, 1.165) is 23.7 Å². The molecule has 0 saturated heterocycles. The average Bonchev–Trinajstić information content (AvgIpc) is 2.60. The van der Waals surface area contributed by atoms with Crippen LogP contribution in [0.1, 0.15) is 97.3 Å². The zero-order valence-electron chi connectivity index (χ0n) is 15.9. The molecule has 2 aliphatic rings. The van der Waals surface area contributed by atoms with E-state index in [1.807, 2.05) is 0 Å².